The predicted octanol–water partition coefficient (Wildman–Crippen LogP) is 5.51. The fraction of sp³-hybridized carbons (Fsp3) is 0.316. The van der Waals surface area contributed by atoms with Crippen molar-refractivity contribution in [3.05, 3.63) is 45.1 Å². The van der Waals surface area contributed by atoms with Crippen LogP contribution in [0, 0.1) is 5.82 Å². The quantitative estimate of drug-likeness (QED) is 0.588. The number of ether oxygens (including phenoxy) is 1. The van der Waals surface area contributed by atoms with E-state index >= 15 is 0 Å². The van der Waals surface area contributed by atoms with Crippen LogP contribution < -0.4 is 9.64 Å². The number of benzene rings is 2. The zero-order valence-corrected chi connectivity index (χ0v) is 16.9. The zero-order valence-electron chi connectivity index (χ0n) is 14.5. The second kappa shape index (κ2) is 6.74. The number of aliphatic imine (C=N–C) groups is 1. The van der Waals surface area contributed by atoms with Gasteiger partial charge in [-0.3, -0.25) is 0 Å². The Hall–Kier alpha value is -1.79. The van der Waals surface area contributed by atoms with Crippen molar-refractivity contribution in [2.24, 2.45) is 4.99 Å². The van der Waals surface area contributed by atoms with Crippen molar-refractivity contribution >= 4 is 50.4 Å². The van der Waals surface area contributed by atoms with Crippen molar-refractivity contribution in [3.63, 3.8) is 0 Å². The molecule has 26 heavy (non-hydrogen) atoms. The van der Waals surface area contributed by atoms with E-state index in [9.17, 15) is 4.39 Å². The van der Waals surface area contributed by atoms with Gasteiger partial charge in [-0.1, -0.05) is 11.6 Å². The number of amidine groups is 1. The molecule has 136 valence electrons. The summed E-state index contributed by atoms with van der Waals surface area (Å²) in [6, 6.07) is 7.01. The molecule has 7 heteroatoms. The van der Waals surface area contributed by atoms with Gasteiger partial charge in [0.05, 0.1) is 33.7 Å². The molecular formula is C19H18BrClFN3O. The highest BCUT2D eigenvalue weighted by Crippen LogP contribution is 2.44. The standard InChI is InChI=1S/C19H18BrClFN3O/c1-24-16-8-12(20)18(26-2)7-11(16)19(25-5-3-4-6-25)23-15-9-13(21)14(22)10-17(15)24/h7-10H,3-6H2,1-2H3. The molecule has 0 spiro atoms. The molecule has 0 unspecified atom stereocenters. The average Bonchev–Trinajstić information content (AvgIpc) is 3.13. The van der Waals surface area contributed by atoms with Crippen LogP contribution in [0.5, 0.6) is 5.75 Å². The fourth-order valence-corrected chi connectivity index (χ4v) is 4.17. The summed E-state index contributed by atoms with van der Waals surface area (Å²) in [7, 11) is 3.55. The second-order valence-electron chi connectivity index (χ2n) is 6.45. The third-order valence-corrected chi connectivity index (χ3v) is 5.79. The molecule has 4 rings (SSSR count). The number of anilines is 2. The maximum atomic E-state index is 14.1. The van der Waals surface area contributed by atoms with Gasteiger partial charge in [-0.05, 0) is 47.0 Å². The number of halogens is 3. The SMILES string of the molecule is COc1cc2c(cc1Br)N(C)c1cc(F)c(Cl)cc1N=C2N1CCCC1. The van der Waals surface area contributed by atoms with Crippen LogP contribution in [0.1, 0.15) is 18.4 Å². The van der Waals surface area contributed by atoms with E-state index in [-0.39, 0.29) is 5.02 Å². The van der Waals surface area contributed by atoms with Gasteiger partial charge in [0.2, 0.25) is 0 Å². The van der Waals surface area contributed by atoms with Gasteiger partial charge in [0.1, 0.15) is 17.4 Å². The molecule has 0 N–H and O–H groups in total. The minimum atomic E-state index is -0.453. The Morgan fingerprint density at radius 3 is 2.58 bits per heavy atom. The molecule has 0 amide bonds. The molecule has 0 aliphatic carbocycles. The number of hydrogen-bond donors (Lipinski definition) is 0. The van der Waals surface area contributed by atoms with Crippen molar-refractivity contribution in [1.82, 2.24) is 4.90 Å². The topological polar surface area (TPSA) is 28.1 Å². The fourth-order valence-electron chi connectivity index (χ4n) is 3.51. The van der Waals surface area contributed by atoms with E-state index in [0.29, 0.717) is 11.4 Å². The van der Waals surface area contributed by atoms with E-state index in [1.807, 2.05) is 24.1 Å². The van der Waals surface area contributed by atoms with Gasteiger partial charge in [0, 0.05) is 31.8 Å². The van der Waals surface area contributed by atoms with Crippen LogP contribution in [0.4, 0.5) is 21.5 Å². The highest BCUT2D eigenvalue weighted by Gasteiger charge is 2.28. The molecule has 2 aromatic carbocycles. The van der Waals surface area contributed by atoms with E-state index in [2.05, 4.69) is 20.8 Å². The Labute approximate surface area is 165 Å². The molecule has 0 aromatic heterocycles. The third kappa shape index (κ3) is 2.85. The van der Waals surface area contributed by atoms with Crippen LogP contribution in [0.25, 0.3) is 0 Å². The highest BCUT2D eigenvalue weighted by atomic mass is 79.9. The first-order chi connectivity index (χ1) is 12.5. The summed E-state index contributed by atoms with van der Waals surface area (Å²) in [6.45, 7) is 1.90. The van der Waals surface area contributed by atoms with Gasteiger partial charge in [-0.25, -0.2) is 9.38 Å². The van der Waals surface area contributed by atoms with Crippen molar-refractivity contribution in [1.29, 1.82) is 0 Å². The van der Waals surface area contributed by atoms with Gasteiger partial charge < -0.3 is 14.5 Å². The maximum absolute atomic E-state index is 14.1. The molecule has 2 heterocycles. The molecule has 0 atom stereocenters. The molecule has 0 bridgehead atoms. The maximum Gasteiger partial charge on any atom is 0.144 e. The number of fused-ring (bicyclic) bond motifs is 2. The largest absolute Gasteiger partial charge is 0.496 e. The zero-order chi connectivity index (χ0) is 18.4. The molecule has 2 aliphatic rings. The van der Waals surface area contributed by atoms with Crippen molar-refractivity contribution in [2.45, 2.75) is 12.8 Å². The summed E-state index contributed by atoms with van der Waals surface area (Å²) in [5, 5.41) is 0.0754. The lowest BCUT2D eigenvalue weighted by Crippen LogP contribution is -2.29. The van der Waals surface area contributed by atoms with Crippen molar-refractivity contribution < 1.29 is 9.13 Å². The van der Waals surface area contributed by atoms with Crippen LogP contribution in [-0.4, -0.2) is 38.0 Å². The number of hydrogen-bond acceptors (Lipinski definition) is 4. The monoisotopic (exact) mass is 437 g/mol. The Bertz CT molecular complexity index is 912. The van der Waals surface area contributed by atoms with Gasteiger partial charge >= 0.3 is 0 Å². The summed E-state index contributed by atoms with van der Waals surface area (Å²) in [5.74, 6) is 1.15. The summed E-state index contributed by atoms with van der Waals surface area (Å²) < 4.78 is 20.5. The summed E-state index contributed by atoms with van der Waals surface area (Å²) in [4.78, 5) is 9.11. The molecule has 1 fully saturated rings. The molecule has 2 aliphatic heterocycles. The molecule has 2 aromatic rings. The predicted molar refractivity (Wildman–Crippen MR) is 107 cm³/mol. The minimum absolute atomic E-state index is 0.0754. The van der Waals surface area contributed by atoms with E-state index in [1.165, 1.54) is 6.07 Å². The van der Waals surface area contributed by atoms with Crippen LogP contribution in [0.2, 0.25) is 5.02 Å². The number of likely N-dealkylation sites (tertiary alicyclic amines) is 1. The Morgan fingerprint density at radius 1 is 1.15 bits per heavy atom. The molecule has 4 nitrogen and oxygen atoms in total. The highest BCUT2D eigenvalue weighted by molar-refractivity contribution is 9.10. The molecule has 0 radical (unpaired) electrons. The number of rotatable bonds is 1. The van der Waals surface area contributed by atoms with E-state index in [1.54, 1.807) is 13.2 Å². The van der Waals surface area contributed by atoms with Crippen molar-refractivity contribution in [3.8, 4) is 5.75 Å². The first-order valence-corrected chi connectivity index (χ1v) is 9.61. The lowest BCUT2D eigenvalue weighted by atomic mass is 10.1. The van der Waals surface area contributed by atoms with E-state index < -0.39 is 5.82 Å². The van der Waals surface area contributed by atoms with Crippen LogP contribution in [0.15, 0.2) is 33.7 Å². The van der Waals surface area contributed by atoms with Crippen molar-refractivity contribution in [2.75, 3.05) is 32.1 Å². The number of methoxy groups -OCH3 is 1. The van der Waals surface area contributed by atoms with Crippen LogP contribution in [0.3, 0.4) is 0 Å². The summed E-state index contributed by atoms with van der Waals surface area (Å²) in [5.41, 5.74) is 3.23. The van der Waals surface area contributed by atoms with E-state index in [0.717, 1.165) is 53.2 Å². The Balaban J connectivity index is 2.00. The number of nitrogens with zero attached hydrogens (tertiary/aromatic N) is 3. The van der Waals surface area contributed by atoms with Crippen LogP contribution in [-0.2, 0) is 0 Å². The summed E-state index contributed by atoms with van der Waals surface area (Å²) in [6.07, 6.45) is 2.27. The lowest BCUT2D eigenvalue weighted by Gasteiger charge is -2.25. The summed E-state index contributed by atoms with van der Waals surface area (Å²) >= 11 is 9.59. The van der Waals surface area contributed by atoms with E-state index in [4.69, 9.17) is 21.3 Å². The molecular weight excluding hydrogens is 421 g/mol. The van der Waals surface area contributed by atoms with Gasteiger partial charge in [0.15, 0.2) is 0 Å². The first-order valence-electron chi connectivity index (χ1n) is 8.44. The Morgan fingerprint density at radius 2 is 1.88 bits per heavy atom. The normalized spacial score (nSPS) is 16.1. The molecule has 1 saturated heterocycles. The van der Waals surface area contributed by atoms with Crippen LogP contribution >= 0.6 is 27.5 Å². The molecule has 0 saturated carbocycles. The first kappa shape index (κ1) is 17.6. The third-order valence-electron chi connectivity index (χ3n) is 4.88. The smallest absolute Gasteiger partial charge is 0.144 e. The van der Waals surface area contributed by atoms with Gasteiger partial charge in [0.25, 0.3) is 0 Å². The minimum Gasteiger partial charge on any atom is -0.496 e. The second-order valence-corrected chi connectivity index (χ2v) is 7.71. The van der Waals surface area contributed by atoms with Gasteiger partial charge in [-0.2, -0.15) is 0 Å². The lowest BCUT2D eigenvalue weighted by molar-refractivity contribution is 0.412. The van der Waals surface area contributed by atoms with Gasteiger partial charge in [-0.15, -0.1) is 0 Å². The average molecular weight is 439 g/mol. The Kier molecular flexibility index (Phi) is 4.57.